The molecule has 3 unspecified atom stereocenters. The number of amides is 4. The Morgan fingerprint density at radius 2 is 1.74 bits per heavy atom. The fourth-order valence-corrected chi connectivity index (χ4v) is 6.75. The Hall–Kier alpha value is -4.24. The second kappa shape index (κ2) is 17.1. The summed E-state index contributed by atoms with van der Waals surface area (Å²) >= 11 is 0. The van der Waals surface area contributed by atoms with Crippen LogP contribution in [0.2, 0.25) is 0 Å². The lowest BCUT2D eigenvalue weighted by molar-refractivity contribution is -0.156. The molecular weight excluding hydrogens is 630 g/mol. The number of carboxylic acid groups (broad SMARTS) is 1. The van der Waals surface area contributed by atoms with E-state index >= 15 is 0 Å². The number of benzene rings is 2. The molecule has 0 bridgehead atoms. The number of sulfonamides is 1. The van der Waals surface area contributed by atoms with Crippen LogP contribution >= 0.6 is 0 Å². The highest BCUT2D eigenvalue weighted by molar-refractivity contribution is 7.89. The van der Waals surface area contributed by atoms with E-state index in [1.165, 1.54) is 28.9 Å². The molecule has 0 saturated carbocycles. The molecule has 1 aliphatic heterocycles. The molecular formula is C32H45N5O9S. The maximum atomic E-state index is 14.1. The van der Waals surface area contributed by atoms with Gasteiger partial charge in [0.15, 0.2) is 0 Å². The fraction of sp³-hybridized carbons (Fsp3) is 0.531. The summed E-state index contributed by atoms with van der Waals surface area (Å²) in [6.07, 6.45) is -0.213. The van der Waals surface area contributed by atoms with Gasteiger partial charge < -0.3 is 30.3 Å². The zero-order valence-electron chi connectivity index (χ0n) is 27.2. The van der Waals surface area contributed by atoms with Gasteiger partial charge in [-0.1, -0.05) is 43.7 Å². The van der Waals surface area contributed by atoms with Crippen LogP contribution in [0.1, 0.15) is 59.8 Å². The van der Waals surface area contributed by atoms with Crippen molar-refractivity contribution in [2.24, 2.45) is 5.92 Å². The highest BCUT2D eigenvalue weighted by Gasteiger charge is 2.35. The first kappa shape index (κ1) is 37.2. The van der Waals surface area contributed by atoms with E-state index in [2.05, 4.69) is 15.4 Å². The van der Waals surface area contributed by atoms with Gasteiger partial charge in [0.2, 0.25) is 21.8 Å². The Morgan fingerprint density at radius 3 is 2.40 bits per heavy atom. The van der Waals surface area contributed by atoms with E-state index in [0.29, 0.717) is 37.6 Å². The molecule has 1 fully saturated rings. The summed E-state index contributed by atoms with van der Waals surface area (Å²) in [4.78, 5) is 65.8. The lowest BCUT2D eigenvalue weighted by atomic mass is 9.91. The minimum atomic E-state index is -4.34. The number of esters is 1. The second-order valence-corrected chi connectivity index (χ2v) is 13.3. The summed E-state index contributed by atoms with van der Waals surface area (Å²) in [6.45, 7) is 7.34. The number of carbonyl (C=O) groups is 5. The van der Waals surface area contributed by atoms with Gasteiger partial charge in [-0.2, -0.15) is 4.72 Å². The van der Waals surface area contributed by atoms with Crippen molar-refractivity contribution < 1.29 is 42.2 Å². The topological polar surface area (TPSA) is 192 Å². The maximum absolute atomic E-state index is 14.1. The van der Waals surface area contributed by atoms with Crippen molar-refractivity contribution >= 4 is 50.6 Å². The molecule has 2 aromatic rings. The number of piperidine rings is 1. The number of nitrogens with one attached hydrogen (secondary N) is 3. The van der Waals surface area contributed by atoms with Crippen molar-refractivity contribution in [3.8, 4) is 0 Å². The summed E-state index contributed by atoms with van der Waals surface area (Å²) in [5, 5.41) is 16.1. The third kappa shape index (κ3) is 10.4. The highest BCUT2D eigenvalue weighted by atomic mass is 32.2. The number of nitrogens with zero attached hydrogens (tertiary/aromatic N) is 2. The summed E-state index contributed by atoms with van der Waals surface area (Å²) in [5.74, 6) is -3.78. The van der Waals surface area contributed by atoms with Crippen molar-refractivity contribution in [3.63, 3.8) is 0 Å². The molecule has 15 heteroatoms. The van der Waals surface area contributed by atoms with Crippen LogP contribution in [0, 0.1) is 5.92 Å². The summed E-state index contributed by atoms with van der Waals surface area (Å²) < 4.78 is 34.5. The minimum absolute atomic E-state index is 0.0273. The number of rotatable bonds is 14. The quantitative estimate of drug-likeness (QED) is 0.132. The van der Waals surface area contributed by atoms with Crippen molar-refractivity contribution in [3.05, 3.63) is 42.5 Å². The SMILES string of the molecule is CCCCN(C(=O)C(CC(=O)N[C@@H](C)C1CCCN(C(=O)O)C1)NS(=O)(=O)c1ccc2ccccc2c1)C(C)NC(=O)C(=O)OCC. The second-order valence-electron chi connectivity index (χ2n) is 11.6. The largest absolute Gasteiger partial charge is 0.465 e. The summed E-state index contributed by atoms with van der Waals surface area (Å²) in [7, 11) is -4.34. The first-order chi connectivity index (χ1) is 22.3. The number of ether oxygens (including phenoxy) is 1. The molecule has 1 aliphatic rings. The smallest absolute Gasteiger partial charge is 0.407 e. The highest BCUT2D eigenvalue weighted by Crippen LogP contribution is 2.22. The Morgan fingerprint density at radius 1 is 1.04 bits per heavy atom. The third-order valence-electron chi connectivity index (χ3n) is 8.14. The van der Waals surface area contributed by atoms with Gasteiger partial charge in [-0.15, -0.1) is 0 Å². The minimum Gasteiger partial charge on any atom is -0.465 e. The van der Waals surface area contributed by atoms with E-state index in [1.807, 2.05) is 19.1 Å². The van der Waals surface area contributed by atoms with Crippen LogP contribution in [-0.2, 0) is 33.9 Å². The van der Waals surface area contributed by atoms with Crippen LogP contribution in [0.15, 0.2) is 47.4 Å². The predicted molar refractivity (Wildman–Crippen MR) is 173 cm³/mol. The molecule has 1 heterocycles. The average Bonchev–Trinajstić information content (AvgIpc) is 3.04. The Labute approximate surface area is 275 Å². The molecule has 258 valence electrons. The molecule has 2 aromatic carbocycles. The van der Waals surface area contributed by atoms with Gasteiger partial charge in [-0.25, -0.2) is 18.0 Å². The van der Waals surface area contributed by atoms with E-state index < -0.39 is 64.5 Å². The molecule has 4 N–H and O–H groups in total. The van der Waals surface area contributed by atoms with Crippen molar-refractivity contribution in [2.45, 2.75) is 82.9 Å². The van der Waals surface area contributed by atoms with E-state index in [1.54, 1.807) is 32.0 Å². The van der Waals surface area contributed by atoms with E-state index in [4.69, 9.17) is 4.74 Å². The van der Waals surface area contributed by atoms with Crippen LogP contribution < -0.4 is 15.4 Å². The number of hydrogen-bond acceptors (Lipinski definition) is 8. The first-order valence-corrected chi connectivity index (χ1v) is 17.3. The van der Waals surface area contributed by atoms with Gasteiger partial charge in [0.05, 0.1) is 17.9 Å². The first-order valence-electron chi connectivity index (χ1n) is 15.8. The Kier molecular flexibility index (Phi) is 13.5. The molecule has 14 nitrogen and oxygen atoms in total. The van der Waals surface area contributed by atoms with Gasteiger partial charge in [0.1, 0.15) is 12.2 Å². The molecule has 0 aliphatic carbocycles. The number of likely N-dealkylation sites (tertiary alicyclic amines) is 1. The zero-order valence-corrected chi connectivity index (χ0v) is 28.0. The van der Waals surface area contributed by atoms with Crippen LogP contribution in [0.3, 0.4) is 0 Å². The third-order valence-corrected chi connectivity index (χ3v) is 9.61. The van der Waals surface area contributed by atoms with E-state index in [-0.39, 0.29) is 30.5 Å². The van der Waals surface area contributed by atoms with Crippen LogP contribution in [-0.4, -0.2) is 97.6 Å². The van der Waals surface area contributed by atoms with Crippen molar-refractivity contribution in [1.29, 1.82) is 0 Å². The number of carbonyl (C=O) groups excluding carboxylic acids is 4. The normalized spacial score (nSPS) is 16.9. The van der Waals surface area contributed by atoms with Crippen molar-refractivity contribution in [1.82, 2.24) is 25.2 Å². The molecule has 0 radical (unpaired) electrons. The van der Waals surface area contributed by atoms with Gasteiger partial charge in [-0.3, -0.25) is 14.4 Å². The Balaban J connectivity index is 1.89. The summed E-state index contributed by atoms with van der Waals surface area (Å²) in [5.41, 5.74) is 0. The van der Waals surface area contributed by atoms with Crippen LogP contribution in [0.4, 0.5) is 4.79 Å². The lowest BCUT2D eigenvalue weighted by Crippen LogP contribution is -2.58. The predicted octanol–water partition coefficient (Wildman–Crippen LogP) is 2.43. The van der Waals surface area contributed by atoms with Gasteiger partial charge in [0, 0.05) is 25.7 Å². The average molecular weight is 676 g/mol. The number of fused-ring (bicyclic) bond motifs is 1. The fourth-order valence-electron chi connectivity index (χ4n) is 5.52. The maximum Gasteiger partial charge on any atom is 0.407 e. The van der Waals surface area contributed by atoms with E-state index in [0.717, 1.165) is 5.39 Å². The zero-order chi connectivity index (χ0) is 34.7. The van der Waals surface area contributed by atoms with Gasteiger partial charge in [-0.05, 0) is 68.9 Å². The molecule has 0 spiro atoms. The molecule has 3 rings (SSSR count). The molecule has 4 amide bonds. The van der Waals surface area contributed by atoms with Crippen LogP contribution in [0.25, 0.3) is 10.8 Å². The Bertz CT molecular complexity index is 1550. The molecule has 0 aromatic heterocycles. The number of unbranched alkanes of at least 4 members (excludes halogenated alkanes) is 1. The van der Waals surface area contributed by atoms with Crippen molar-refractivity contribution in [2.75, 3.05) is 26.2 Å². The van der Waals surface area contributed by atoms with Gasteiger partial charge in [0.25, 0.3) is 0 Å². The number of hydrogen-bond donors (Lipinski definition) is 4. The lowest BCUT2D eigenvalue weighted by Gasteiger charge is -2.35. The summed E-state index contributed by atoms with van der Waals surface area (Å²) in [6, 6.07) is 9.64. The molecule has 4 atom stereocenters. The molecule has 47 heavy (non-hydrogen) atoms. The van der Waals surface area contributed by atoms with Gasteiger partial charge >= 0.3 is 18.0 Å². The standard InChI is InChI=1S/C32H45N5O9S/c1-5-7-17-37(22(4)34-29(39)31(41)46-6-2)30(40)27(19-28(38)33-21(3)25-13-10-16-36(20-25)32(42)43)35-47(44,45)26-15-14-23-11-8-9-12-24(23)18-26/h8-9,11-12,14-15,18,21-22,25,27,35H,5-7,10,13,16-17,19-20H2,1-4H3,(H,33,38)(H,34,39)(H,42,43)/t21-,22?,25?,27?/m0/s1. The molecule has 1 saturated heterocycles. The van der Waals surface area contributed by atoms with E-state index in [9.17, 15) is 37.5 Å². The van der Waals surface area contributed by atoms with Crippen LogP contribution in [0.5, 0.6) is 0 Å². The monoisotopic (exact) mass is 675 g/mol.